The number of aliphatic hydroxyl groups excluding tert-OH is 1. The van der Waals surface area contributed by atoms with E-state index in [9.17, 15) is 14.0 Å². The molecular formula is C27H33FN6O4S. The Balaban J connectivity index is 0.00000172. The molecule has 2 amide bonds. The van der Waals surface area contributed by atoms with Gasteiger partial charge in [0.2, 0.25) is 17.7 Å². The largest absolute Gasteiger partial charge is 0.481 e. The summed E-state index contributed by atoms with van der Waals surface area (Å²) in [6, 6.07) is 5.44. The van der Waals surface area contributed by atoms with E-state index < -0.39 is 0 Å². The van der Waals surface area contributed by atoms with Gasteiger partial charge in [0.15, 0.2) is 0 Å². The van der Waals surface area contributed by atoms with Gasteiger partial charge in [0.25, 0.3) is 0 Å². The fourth-order valence-electron chi connectivity index (χ4n) is 4.78. The number of halogens is 1. The Labute approximate surface area is 230 Å². The number of rotatable bonds is 6. The molecule has 5 rings (SSSR count). The van der Waals surface area contributed by atoms with Gasteiger partial charge in [0.05, 0.1) is 29.8 Å². The van der Waals surface area contributed by atoms with Crippen molar-refractivity contribution in [3.63, 3.8) is 0 Å². The first kappa shape index (κ1) is 28.7. The Bertz CT molecular complexity index is 1310. The Morgan fingerprint density at radius 2 is 2.08 bits per heavy atom. The highest BCUT2D eigenvalue weighted by molar-refractivity contribution is 8.03. The van der Waals surface area contributed by atoms with Crippen molar-refractivity contribution in [1.82, 2.24) is 20.6 Å². The van der Waals surface area contributed by atoms with Crippen LogP contribution in [-0.4, -0.2) is 65.2 Å². The number of hydrogen-bond acceptors (Lipinski definition) is 9. The summed E-state index contributed by atoms with van der Waals surface area (Å²) in [5.41, 5.74) is 2.18. The number of nitrogens with one attached hydrogen (secondary N) is 3. The third-order valence-electron chi connectivity index (χ3n) is 6.81. The molecule has 4 N–H and O–H groups in total. The van der Waals surface area contributed by atoms with Crippen molar-refractivity contribution in [2.75, 3.05) is 31.8 Å². The second-order valence-electron chi connectivity index (χ2n) is 9.28. The summed E-state index contributed by atoms with van der Waals surface area (Å²) in [4.78, 5) is 39.0. The SMILES string of the molecule is CO.COc1ccc2nccc(NC(=O)[C@@H]3CCCC(NCC4=NC5=C(CC=C4F)SCC(=O)N5)CC3)c2n1. The quantitative estimate of drug-likeness (QED) is 0.397. The zero-order chi connectivity index (χ0) is 27.8. The molecule has 0 radical (unpaired) electrons. The number of aromatic nitrogens is 2. The molecule has 2 atom stereocenters. The molecule has 12 heteroatoms. The van der Waals surface area contributed by atoms with Crippen molar-refractivity contribution in [2.45, 2.75) is 44.6 Å². The number of carbonyl (C=O) groups excluding carboxylic acids is 2. The number of anilines is 1. The number of hydrogen-bond donors (Lipinski definition) is 4. The monoisotopic (exact) mass is 556 g/mol. The molecule has 1 unspecified atom stereocenters. The van der Waals surface area contributed by atoms with E-state index in [4.69, 9.17) is 9.84 Å². The number of carbonyl (C=O) groups is 2. The van der Waals surface area contributed by atoms with Crippen LogP contribution in [0.25, 0.3) is 11.0 Å². The minimum Gasteiger partial charge on any atom is -0.481 e. The van der Waals surface area contributed by atoms with Crippen molar-refractivity contribution >= 4 is 46.0 Å². The molecule has 2 aromatic rings. The van der Waals surface area contributed by atoms with E-state index >= 15 is 0 Å². The number of nitrogens with zero attached hydrogens (tertiary/aromatic N) is 3. The van der Waals surface area contributed by atoms with Gasteiger partial charge in [0.1, 0.15) is 17.2 Å². The number of allylic oxidation sites excluding steroid dienone is 2. The van der Waals surface area contributed by atoms with E-state index in [0.29, 0.717) is 46.3 Å². The maximum Gasteiger partial charge on any atom is 0.235 e. The zero-order valence-electron chi connectivity index (χ0n) is 22.0. The van der Waals surface area contributed by atoms with Crippen LogP contribution in [0, 0.1) is 5.92 Å². The van der Waals surface area contributed by atoms with Crippen LogP contribution in [0.5, 0.6) is 5.88 Å². The van der Waals surface area contributed by atoms with E-state index in [0.717, 1.165) is 44.1 Å². The van der Waals surface area contributed by atoms with E-state index in [-0.39, 0.29) is 36.1 Å². The summed E-state index contributed by atoms with van der Waals surface area (Å²) in [5.74, 6) is 0.592. The lowest BCUT2D eigenvalue weighted by atomic mass is 9.99. The Hall–Kier alpha value is -3.35. The predicted molar refractivity (Wildman–Crippen MR) is 150 cm³/mol. The van der Waals surface area contributed by atoms with Gasteiger partial charge < -0.3 is 25.8 Å². The van der Waals surface area contributed by atoms with Gasteiger partial charge in [0, 0.05) is 49.2 Å². The lowest BCUT2D eigenvalue weighted by Crippen LogP contribution is -2.34. The molecular weight excluding hydrogens is 523 g/mol. The second kappa shape index (κ2) is 13.6. The summed E-state index contributed by atoms with van der Waals surface area (Å²) in [6.45, 7) is 0.262. The van der Waals surface area contributed by atoms with Crippen LogP contribution >= 0.6 is 11.8 Å². The smallest absolute Gasteiger partial charge is 0.235 e. The molecule has 10 nitrogen and oxygen atoms in total. The molecule has 2 aromatic heterocycles. The molecule has 0 bridgehead atoms. The van der Waals surface area contributed by atoms with Crippen molar-refractivity contribution in [3.8, 4) is 5.88 Å². The zero-order valence-corrected chi connectivity index (χ0v) is 22.8. The number of aliphatic hydroxyl groups is 1. The highest BCUT2D eigenvalue weighted by Gasteiger charge is 2.26. The van der Waals surface area contributed by atoms with Crippen molar-refractivity contribution < 1.29 is 23.8 Å². The van der Waals surface area contributed by atoms with Crippen LogP contribution in [0.4, 0.5) is 10.1 Å². The normalized spacial score (nSPS) is 21.3. The van der Waals surface area contributed by atoms with E-state index in [1.807, 2.05) is 6.07 Å². The van der Waals surface area contributed by atoms with Gasteiger partial charge in [-0.3, -0.25) is 14.6 Å². The fraction of sp³-hybridized carbons (Fsp3) is 0.444. The van der Waals surface area contributed by atoms with Crippen LogP contribution < -0.4 is 20.7 Å². The summed E-state index contributed by atoms with van der Waals surface area (Å²) in [5, 5.41) is 16.2. The minimum absolute atomic E-state index is 0.0371. The number of ether oxygens (including phenoxy) is 1. The van der Waals surface area contributed by atoms with Crippen molar-refractivity contribution in [2.24, 2.45) is 10.9 Å². The molecule has 0 spiro atoms. The van der Waals surface area contributed by atoms with E-state index in [1.54, 1.807) is 25.4 Å². The molecule has 208 valence electrons. The van der Waals surface area contributed by atoms with Crippen LogP contribution in [0.1, 0.15) is 38.5 Å². The number of methoxy groups -OCH3 is 1. The molecule has 1 saturated carbocycles. The fourth-order valence-corrected chi connectivity index (χ4v) is 5.59. The van der Waals surface area contributed by atoms with E-state index in [1.165, 1.54) is 17.8 Å². The summed E-state index contributed by atoms with van der Waals surface area (Å²) in [7, 11) is 2.55. The Kier molecular flexibility index (Phi) is 10.0. The summed E-state index contributed by atoms with van der Waals surface area (Å²) >= 11 is 1.40. The molecule has 0 saturated heterocycles. The molecule has 4 heterocycles. The maximum atomic E-state index is 14.7. The average Bonchev–Trinajstić information content (AvgIpc) is 3.29. The lowest BCUT2D eigenvalue weighted by Gasteiger charge is -2.18. The van der Waals surface area contributed by atoms with Crippen LogP contribution in [-0.2, 0) is 9.59 Å². The predicted octanol–water partition coefficient (Wildman–Crippen LogP) is 3.45. The number of fused-ring (bicyclic) bond motifs is 1. The molecule has 2 aliphatic heterocycles. The first-order valence-corrected chi connectivity index (χ1v) is 13.9. The van der Waals surface area contributed by atoms with Gasteiger partial charge in [-0.1, -0.05) is 6.42 Å². The molecule has 3 aliphatic rings. The lowest BCUT2D eigenvalue weighted by molar-refractivity contribution is -0.120. The minimum atomic E-state index is -0.363. The van der Waals surface area contributed by atoms with Crippen molar-refractivity contribution in [3.05, 3.63) is 47.0 Å². The number of amides is 2. The first-order chi connectivity index (χ1) is 19.0. The number of thioether (sulfide) groups is 1. The number of pyridine rings is 2. The summed E-state index contributed by atoms with van der Waals surface area (Å²) in [6.07, 6.45) is 7.66. The highest BCUT2D eigenvalue weighted by atomic mass is 32.2. The molecule has 39 heavy (non-hydrogen) atoms. The van der Waals surface area contributed by atoms with Crippen LogP contribution in [0.3, 0.4) is 0 Å². The molecule has 0 aromatic carbocycles. The standard InChI is InChI=1S/C26H29FN6O3S.CH4O/c1-36-23-10-8-18-24(33-23)19(11-12-28-18)31-26(35)15-3-2-4-16(6-5-15)29-13-20-17(27)7-9-21-25(30-20)32-22(34)14-37-21;1-2/h7-8,10-12,15-16,29H,2-6,9,13-14H2,1H3,(H,32,34)(H,28,31,35);2H,1H3/t15-,16?;/m1./s1. The summed E-state index contributed by atoms with van der Waals surface area (Å²) < 4.78 is 19.9. The molecule has 1 aliphatic carbocycles. The van der Waals surface area contributed by atoms with Gasteiger partial charge in [-0.15, -0.1) is 11.8 Å². The Morgan fingerprint density at radius 1 is 1.23 bits per heavy atom. The topological polar surface area (TPSA) is 138 Å². The van der Waals surface area contributed by atoms with E-state index in [2.05, 4.69) is 30.9 Å². The highest BCUT2D eigenvalue weighted by Crippen LogP contribution is 2.31. The molecule has 1 fully saturated rings. The Morgan fingerprint density at radius 3 is 2.90 bits per heavy atom. The van der Waals surface area contributed by atoms with Gasteiger partial charge in [-0.25, -0.2) is 14.4 Å². The third-order valence-corrected chi connectivity index (χ3v) is 7.93. The van der Waals surface area contributed by atoms with Crippen LogP contribution in [0.15, 0.2) is 52.0 Å². The third kappa shape index (κ3) is 7.20. The maximum absolute atomic E-state index is 14.7. The average molecular weight is 557 g/mol. The second-order valence-corrected chi connectivity index (χ2v) is 10.3. The van der Waals surface area contributed by atoms with Crippen LogP contribution in [0.2, 0.25) is 0 Å². The van der Waals surface area contributed by atoms with Crippen molar-refractivity contribution in [1.29, 1.82) is 0 Å². The van der Waals surface area contributed by atoms with Gasteiger partial charge in [-0.2, -0.15) is 0 Å². The van der Waals surface area contributed by atoms with Gasteiger partial charge >= 0.3 is 0 Å². The number of aliphatic imine (C=N–C) groups is 1. The first-order valence-electron chi connectivity index (χ1n) is 12.9. The van der Waals surface area contributed by atoms with Gasteiger partial charge in [-0.05, 0) is 43.9 Å².